The number of rotatable bonds is 6. The van der Waals surface area contributed by atoms with E-state index in [0.717, 1.165) is 28.2 Å². The van der Waals surface area contributed by atoms with Crippen molar-refractivity contribution in [3.05, 3.63) is 65.2 Å². The van der Waals surface area contributed by atoms with E-state index in [-0.39, 0.29) is 4.90 Å². The van der Waals surface area contributed by atoms with Crippen LogP contribution in [0.3, 0.4) is 0 Å². The van der Waals surface area contributed by atoms with Gasteiger partial charge in [0.15, 0.2) is 0 Å². The molecule has 11 heteroatoms. The Labute approximate surface area is 193 Å². The average molecular weight is 476 g/mol. The predicted molar refractivity (Wildman–Crippen MR) is 117 cm³/mol. The molecule has 1 aliphatic rings. The van der Waals surface area contributed by atoms with Gasteiger partial charge in [-0.15, -0.1) is 0 Å². The van der Waals surface area contributed by atoms with Crippen molar-refractivity contribution in [1.29, 1.82) is 0 Å². The molecule has 8 nitrogen and oxygen atoms in total. The van der Waals surface area contributed by atoms with Gasteiger partial charge in [0.1, 0.15) is 6.54 Å². The van der Waals surface area contributed by atoms with Crippen molar-refractivity contribution < 1.29 is 32.3 Å². The van der Waals surface area contributed by atoms with E-state index >= 15 is 0 Å². The average Bonchev–Trinajstić information content (AvgIpc) is 3.02. The summed E-state index contributed by atoms with van der Waals surface area (Å²) < 4.78 is 42.1. The molecule has 2 aromatic carbocycles. The number of carbonyl (C=O) groups is 4. The molecule has 2 aromatic rings. The summed E-state index contributed by atoms with van der Waals surface area (Å²) in [6.45, 7) is 2.21. The van der Waals surface area contributed by atoms with E-state index in [9.17, 15) is 32.3 Å². The molecular formula is C23H23F3N4O4. The van der Waals surface area contributed by atoms with Gasteiger partial charge in [0.2, 0.25) is 17.4 Å². The molecule has 0 bridgehead atoms. The lowest BCUT2D eigenvalue weighted by Gasteiger charge is -2.29. The maximum atomic E-state index is 14.0. The molecule has 1 unspecified atom stereocenters. The molecule has 2 N–H and O–H groups in total. The molecule has 5 amide bonds. The fourth-order valence-corrected chi connectivity index (χ4v) is 3.71. The van der Waals surface area contributed by atoms with E-state index in [1.54, 1.807) is 31.3 Å². The van der Waals surface area contributed by atoms with Crippen LogP contribution in [0.4, 0.5) is 23.7 Å². The number of urea groups is 1. The van der Waals surface area contributed by atoms with Gasteiger partial charge in [-0.25, -0.2) is 4.79 Å². The molecule has 1 saturated heterocycles. The molecule has 1 heterocycles. The van der Waals surface area contributed by atoms with Gasteiger partial charge in [-0.2, -0.15) is 13.2 Å². The van der Waals surface area contributed by atoms with Crippen LogP contribution in [0, 0.1) is 13.8 Å². The van der Waals surface area contributed by atoms with Crippen LogP contribution < -0.4 is 10.6 Å². The summed E-state index contributed by atoms with van der Waals surface area (Å²) in [5.41, 5.74) is -1.57. The number of aryl methyl sites for hydroxylation is 2. The van der Waals surface area contributed by atoms with Crippen LogP contribution in [-0.2, 0) is 19.9 Å². The number of likely N-dealkylation sites (N-methyl/N-ethyl adjacent to an activating group) is 1. The third kappa shape index (κ3) is 4.45. The van der Waals surface area contributed by atoms with Crippen LogP contribution in [0.25, 0.3) is 0 Å². The van der Waals surface area contributed by atoms with Gasteiger partial charge in [-0.3, -0.25) is 19.3 Å². The van der Waals surface area contributed by atoms with Gasteiger partial charge < -0.3 is 15.5 Å². The number of amides is 5. The van der Waals surface area contributed by atoms with Gasteiger partial charge >= 0.3 is 12.2 Å². The van der Waals surface area contributed by atoms with Crippen LogP contribution in [0.2, 0.25) is 0 Å². The number of alkyl halides is 3. The maximum Gasteiger partial charge on any atom is 0.425 e. The number of halogens is 3. The molecule has 1 atom stereocenters. The third-order valence-corrected chi connectivity index (χ3v) is 5.58. The lowest BCUT2D eigenvalue weighted by atomic mass is 9.89. The lowest BCUT2D eigenvalue weighted by Crippen LogP contribution is -2.56. The largest absolute Gasteiger partial charge is 0.425 e. The number of imide groups is 1. The summed E-state index contributed by atoms with van der Waals surface area (Å²) in [6.07, 6.45) is -5.16. The zero-order valence-corrected chi connectivity index (χ0v) is 18.7. The summed E-state index contributed by atoms with van der Waals surface area (Å²) in [6, 6.07) is 10.3. The SMILES string of the molecule is Cc1cccc(C)c1NC(=O)CN(C)C(=O)CN1C(=O)NC(c2ccccc2)(C(F)(F)F)C1=O. The number of anilines is 1. The predicted octanol–water partition coefficient (Wildman–Crippen LogP) is 2.71. The fourth-order valence-electron chi connectivity index (χ4n) is 3.71. The number of benzene rings is 2. The number of hydrogen-bond donors (Lipinski definition) is 2. The Balaban J connectivity index is 1.73. The molecule has 0 aromatic heterocycles. The molecular weight excluding hydrogens is 453 g/mol. The highest BCUT2D eigenvalue weighted by atomic mass is 19.4. The second kappa shape index (κ2) is 9.16. The van der Waals surface area contributed by atoms with Crippen LogP contribution in [0.1, 0.15) is 16.7 Å². The smallest absolute Gasteiger partial charge is 0.335 e. The van der Waals surface area contributed by atoms with Crippen molar-refractivity contribution in [1.82, 2.24) is 15.1 Å². The van der Waals surface area contributed by atoms with Gasteiger partial charge in [0.05, 0.1) is 6.54 Å². The number of carbonyl (C=O) groups excluding carboxylic acids is 4. The summed E-state index contributed by atoms with van der Waals surface area (Å²) in [5, 5.41) is 4.40. The summed E-state index contributed by atoms with van der Waals surface area (Å²) in [7, 11) is 1.25. The molecule has 3 rings (SSSR count). The van der Waals surface area contributed by atoms with E-state index < -0.39 is 54.1 Å². The van der Waals surface area contributed by atoms with E-state index in [4.69, 9.17) is 0 Å². The summed E-state index contributed by atoms with van der Waals surface area (Å²) >= 11 is 0. The van der Waals surface area contributed by atoms with Crippen molar-refractivity contribution in [3.63, 3.8) is 0 Å². The Morgan fingerprint density at radius 1 is 1.03 bits per heavy atom. The second-order valence-electron chi connectivity index (χ2n) is 8.00. The Kier molecular flexibility index (Phi) is 6.67. The number of hydrogen-bond acceptors (Lipinski definition) is 4. The minimum atomic E-state index is -5.16. The van der Waals surface area contributed by atoms with E-state index in [1.165, 1.54) is 25.2 Å². The molecule has 0 aliphatic carbocycles. The Morgan fingerprint density at radius 3 is 2.18 bits per heavy atom. The minimum absolute atomic E-state index is 0.211. The van der Waals surface area contributed by atoms with Crippen molar-refractivity contribution in [2.75, 3.05) is 25.5 Å². The van der Waals surface area contributed by atoms with Crippen molar-refractivity contribution in [2.24, 2.45) is 0 Å². The number of nitrogens with one attached hydrogen (secondary N) is 2. The standard InChI is InChI=1S/C23H23F3N4O4/c1-14-8-7-9-15(2)19(14)27-17(31)12-29(3)18(32)13-30-20(33)22(23(24,25)26,28-21(30)34)16-10-5-4-6-11-16/h4-11H,12-13H2,1-3H3,(H,27,31)(H,28,34). The Hall–Kier alpha value is -3.89. The second-order valence-corrected chi connectivity index (χ2v) is 8.00. The monoisotopic (exact) mass is 476 g/mol. The van der Waals surface area contributed by atoms with Crippen molar-refractivity contribution >= 4 is 29.4 Å². The summed E-state index contributed by atoms with van der Waals surface area (Å²) in [5.74, 6) is -3.04. The van der Waals surface area contributed by atoms with Crippen LogP contribution in [-0.4, -0.2) is 59.9 Å². The van der Waals surface area contributed by atoms with Crippen LogP contribution in [0.15, 0.2) is 48.5 Å². The van der Waals surface area contributed by atoms with Gasteiger partial charge in [0, 0.05) is 12.7 Å². The Morgan fingerprint density at radius 2 is 1.62 bits per heavy atom. The van der Waals surface area contributed by atoms with Crippen molar-refractivity contribution in [3.8, 4) is 0 Å². The zero-order valence-electron chi connectivity index (χ0n) is 18.7. The maximum absolute atomic E-state index is 14.0. The molecule has 1 aliphatic heterocycles. The molecule has 0 spiro atoms. The highest BCUT2D eigenvalue weighted by molar-refractivity contribution is 6.10. The van der Waals surface area contributed by atoms with Gasteiger partial charge in [-0.1, -0.05) is 48.5 Å². The van der Waals surface area contributed by atoms with E-state index in [0.29, 0.717) is 5.69 Å². The van der Waals surface area contributed by atoms with E-state index in [2.05, 4.69) is 5.32 Å². The number of para-hydroxylation sites is 1. The first-order valence-electron chi connectivity index (χ1n) is 10.2. The lowest BCUT2D eigenvalue weighted by molar-refractivity contribution is -0.198. The first-order chi connectivity index (χ1) is 15.9. The van der Waals surface area contributed by atoms with Gasteiger partial charge in [-0.05, 0) is 30.5 Å². The molecule has 34 heavy (non-hydrogen) atoms. The van der Waals surface area contributed by atoms with Gasteiger partial charge in [0.25, 0.3) is 5.91 Å². The normalized spacial score (nSPS) is 18.0. The topological polar surface area (TPSA) is 98.8 Å². The Bertz CT molecular complexity index is 1120. The highest BCUT2D eigenvalue weighted by Gasteiger charge is 2.68. The molecule has 1 fully saturated rings. The van der Waals surface area contributed by atoms with Crippen molar-refractivity contribution in [2.45, 2.75) is 25.6 Å². The molecule has 0 saturated carbocycles. The summed E-state index contributed by atoms with van der Waals surface area (Å²) in [4.78, 5) is 51.4. The zero-order chi connectivity index (χ0) is 25.3. The van der Waals surface area contributed by atoms with Crippen LogP contribution >= 0.6 is 0 Å². The number of nitrogens with zero attached hydrogens (tertiary/aromatic N) is 2. The first kappa shape index (κ1) is 24.7. The highest BCUT2D eigenvalue weighted by Crippen LogP contribution is 2.43. The van der Waals surface area contributed by atoms with E-state index in [1.807, 2.05) is 6.07 Å². The minimum Gasteiger partial charge on any atom is -0.335 e. The van der Waals surface area contributed by atoms with Crippen LogP contribution in [0.5, 0.6) is 0 Å². The first-order valence-corrected chi connectivity index (χ1v) is 10.2. The quantitative estimate of drug-likeness (QED) is 0.627. The molecule has 0 radical (unpaired) electrons. The fraction of sp³-hybridized carbons (Fsp3) is 0.304. The third-order valence-electron chi connectivity index (χ3n) is 5.58. The molecule has 180 valence electrons.